The second kappa shape index (κ2) is 4.68. The van der Waals surface area contributed by atoms with Crippen LogP contribution in [-0.4, -0.2) is 33.4 Å². The van der Waals surface area contributed by atoms with Crippen LogP contribution in [0.4, 0.5) is 0 Å². The van der Waals surface area contributed by atoms with Gasteiger partial charge in [0.25, 0.3) is 0 Å². The molecule has 1 aromatic heterocycles. The zero-order valence-corrected chi connectivity index (χ0v) is 10.0. The molecule has 0 atom stereocenters. The monoisotopic (exact) mass is 221 g/mol. The molecule has 0 spiro atoms. The highest BCUT2D eigenvalue weighted by Crippen LogP contribution is 2.19. The van der Waals surface area contributed by atoms with Gasteiger partial charge in [-0.15, -0.1) is 0 Å². The lowest BCUT2D eigenvalue weighted by atomic mass is 9.96. The van der Waals surface area contributed by atoms with E-state index in [0.717, 1.165) is 38.3 Å². The molecule has 1 amide bonds. The van der Waals surface area contributed by atoms with E-state index in [4.69, 9.17) is 0 Å². The zero-order chi connectivity index (χ0) is 11.5. The third-order valence-electron chi connectivity index (χ3n) is 3.44. The average Bonchev–Trinajstić information content (AvgIpc) is 2.65. The predicted octanol–water partition coefficient (Wildman–Crippen LogP) is 1.45. The van der Waals surface area contributed by atoms with Crippen LogP contribution in [0, 0.1) is 12.8 Å². The number of aromatic nitrogens is 2. The Bertz CT molecular complexity index is 364. The first-order valence-corrected chi connectivity index (χ1v) is 5.90. The van der Waals surface area contributed by atoms with Crippen LogP contribution >= 0.6 is 0 Å². The molecule has 1 fully saturated rings. The molecule has 88 valence electrons. The van der Waals surface area contributed by atoms with Crippen LogP contribution in [0.1, 0.15) is 25.6 Å². The number of carbonyl (C=O) groups excluding carboxylic acids is 1. The van der Waals surface area contributed by atoms with Crippen molar-refractivity contribution in [2.45, 2.75) is 33.2 Å². The molecular formula is C12H19N3O. The molecule has 16 heavy (non-hydrogen) atoms. The van der Waals surface area contributed by atoms with E-state index < -0.39 is 0 Å². The minimum atomic E-state index is 0.206. The number of likely N-dealkylation sites (tertiary alicyclic amines) is 1. The van der Waals surface area contributed by atoms with Crippen molar-refractivity contribution in [1.29, 1.82) is 0 Å². The fourth-order valence-electron chi connectivity index (χ4n) is 2.31. The Morgan fingerprint density at radius 2 is 2.19 bits per heavy atom. The van der Waals surface area contributed by atoms with Crippen molar-refractivity contribution >= 4 is 5.91 Å². The lowest BCUT2D eigenvalue weighted by Crippen LogP contribution is -2.37. The molecule has 2 heterocycles. The number of imidazole rings is 1. The largest absolute Gasteiger partial charge is 0.343 e. The maximum absolute atomic E-state index is 11.2. The van der Waals surface area contributed by atoms with Gasteiger partial charge in [0.1, 0.15) is 5.82 Å². The van der Waals surface area contributed by atoms with Crippen molar-refractivity contribution in [2.24, 2.45) is 5.92 Å². The summed E-state index contributed by atoms with van der Waals surface area (Å²) < 4.78 is 2.20. The molecule has 0 saturated carbocycles. The lowest BCUT2D eigenvalue weighted by molar-refractivity contribution is -0.130. The molecule has 2 rings (SSSR count). The Morgan fingerprint density at radius 1 is 1.50 bits per heavy atom. The Hall–Kier alpha value is -1.32. The Kier molecular flexibility index (Phi) is 3.27. The van der Waals surface area contributed by atoms with Gasteiger partial charge in [-0.25, -0.2) is 4.98 Å². The molecule has 0 unspecified atom stereocenters. The van der Waals surface area contributed by atoms with Crippen LogP contribution in [0.2, 0.25) is 0 Å². The summed E-state index contributed by atoms with van der Waals surface area (Å²) in [6.45, 7) is 6.55. The molecule has 0 N–H and O–H groups in total. The van der Waals surface area contributed by atoms with Gasteiger partial charge in [0.15, 0.2) is 0 Å². The first-order chi connectivity index (χ1) is 7.66. The van der Waals surface area contributed by atoms with Gasteiger partial charge in [-0.3, -0.25) is 4.79 Å². The summed E-state index contributed by atoms with van der Waals surface area (Å²) >= 11 is 0. The molecule has 4 heteroatoms. The minimum absolute atomic E-state index is 0.206. The molecular weight excluding hydrogens is 202 g/mol. The van der Waals surface area contributed by atoms with Crippen LogP contribution in [0.15, 0.2) is 12.4 Å². The fourth-order valence-corrected chi connectivity index (χ4v) is 2.31. The van der Waals surface area contributed by atoms with Crippen molar-refractivity contribution < 1.29 is 4.79 Å². The molecule has 1 aliphatic heterocycles. The molecule has 1 saturated heterocycles. The van der Waals surface area contributed by atoms with E-state index in [1.54, 1.807) is 6.92 Å². The molecule has 0 radical (unpaired) electrons. The van der Waals surface area contributed by atoms with E-state index in [9.17, 15) is 4.79 Å². The summed E-state index contributed by atoms with van der Waals surface area (Å²) in [5.74, 6) is 1.97. The number of aryl methyl sites for hydroxylation is 1. The third-order valence-corrected chi connectivity index (χ3v) is 3.44. The quantitative estimate of drug-likeness (QED) is 0.758. The Morgan fingerprint density at radius 3 is 2.69 bits per heavy atom. The van der Waals surface area contributed by atoms with Crippen LogP contribution in [0.3, 0.4) is 0 Å². The summed E-state index contributed by atoms with van der Waals surface area (Å²) in [5.41, 5.74) is 0. The molecule has 0 aromatic carbocycles. The molecule has 0 aliphatic carbocycles. The first kappa shape index (κ1) is 11.2. The Labute approximate surface area is 96.3 Å². The topological polar surface area (TPSA) is 38.1 Å². The van der Waals surface area contributed by atoms with Gasteiger partial charge in [-0.2, -0.15) is 0 Å². The number of nitrogens with zero attached hydrogens (tertiary/aromatic N) is 3. The Balaban J connectivity index is 1.86. The van der Waals surface area contributed by atoms with E-state index in [1.165, 1.54) is 0 Å². The minimum Gasteiger partial charge on any atom is -0.343 e. The summed E-state index contributed by atoms with van der Waals surface area (Å²) in [4.78, 5) is 17.4. The fraction of sp³-hybridized carbons (Fsp3) is 0.667. The molecule has 0 bridgehead atoms. The maximum atomic E-state index is 11.2. The van der Waals surface area contributed by atoms with Crippen molar-refractivity contribution in [3.8, 4) is 0 Å². The second-order valence-corrected chi connectivity index (χ2v) is 4.58. The van der Waals surface area contributed by atoms with Gasteiger partial charge >= 0.3 is 0 Å². The molecule has 4 nitrogen and oxygen atoms in total. The number of amides is 1. The normalized spacial score (nSPS) is 17.8. The van der Waals surface area contributed by atoms with Crippen molar-refractivity contribution in [2.75, 3.05) is 13.1 Å². The average molecular weight is 221 g/mol. The SMILES string of the molecule is CC(=O)N1CCC(Cn2ccnc2C)CC1. The van der Waals surface area contributed by atoms with Crippen LogP contribution in [-0.2, 0) is 11.3 Å². The zero-order valence-electron chi connectivity index (χ0n) is 10.0. The van der Waals surface area contributed by atoms with Crippen LogP contribution in [0.25, 0.3) is 0 Å². The summed E-state index contributed by atoms with van der Waals surface area (Å²) in [6, 6.07) is 0. The van der Waals surface area contributed by atoms with Crippen molar-refractivity contribution in [1.82, 2.24) is 14.5 Å². The number of piperidine rings is 1. The highest BCUT2D eigenvalue weighted by molar-refractivity contribution is 5.73. The molecule has 1 aromatic rings. The van der Waals surface area contributed by atoms with E-state index in [2.05, 4.69) is 9.55 Å². The standard InChI is InChI=1S/C12H19N3O/c1-10-13-5-8-15(10)9-12-3-6-14(7-4-12)11(2)16/h5,8,12H,3-4,6-7,9H2,1-2H3. The van der Waals surface area contributed by atoms with Gasteiger partial charge in [0, 0.05) is 39.0 Å². The van der Waals surface area contributed by atoms with E-state index in [1.807, 2.05) is 24.2 Å². The van der Waals surface area contributed by atoms with Gasteiger partial charge in [0.05, 0.1) is 0 Å². The number of rotatable bonds is 2. The summed E-state index contributed by atoms with van der Waals surface area (Å²) in [5, 5.41) is 0. The van der Waals surface area contributed by atoms with Crippen molar-refractivity contribution in [3.63, 3.8) is 0 Å². The van der Waals surface area contributed by atoms with Gasteiger partial charge in [-0.05, 0) is 25.7 Å². The third kappa shape index (κ3) is 2.43. The highest BCUT2D eigenvalue weighted by Gasteiger charge is 2.20. The predicted molar refractivity (Wildman–Crippen MR) is 61.9 cm³/mol. The van der Waals surface area contributed by atoms with Gasteiger partial charge < -0.3 is 9.47 Å². The van der Waals surface area contributed by atoms with E-state index in [0.29, 0.717) is 5.92 Å². The smallest absolute Gasteiger partial charge is 0.219 e. The van der Waals surface area contributed by atoms with Crippen molar-refractivity contribution in [3.05, 3.63) is 18.2 Å². The summed E-state index contributed by atoms with van der Waals surface area (Å²) in [6.07, 6.45) is 6.10. The lowest BCUT2D eigenvalue weighted by Gasteiger charge is -2.31. The van der Waals surface area contributed by atoms with Gasteiger partial charge in [0.2, 0.25) is 5.91 Å². The van der Waals surface area contributed by atoms with Crippen LogP contribution in [0.5, 0.6) is 0 Å². The van der Waals surface area contributed by atoms with E-state index in [-0.39, 0.29) is 5.91 Å². The summed E-state index contributed by atoms with van der Waals surface area (Å²) in [7, 11) is 0. The van der Waals surface area contributed by atoms with Gasteiger partial charge in [-0.1, -0.05) is 0 Å². The second-order valence-electron chi connectivity index (χ2n) is 4.58. The molecule has 1 aliphatic rings. The maximum Gasteiger partial charge on any atom is 0.219 e. The number of hydrogen-bond acceptors (Lipinski definition) is 2. The number of hydrogen-bond donors (Lipinski definition) is 0. The van der Waals surface area contributed by atoms with Crippen LogP contribution < -0.4 is 0 Å². The van der Waals surface area contributed by atoms with E-state index >= 15 is 0 Å². The number of carbonyl (C=O) groups is 1. The highest BCUT2D eigenvalue weighted by atomic mass is 16.2. The first-order valence-electron chi connectivity index (χ1n) is 5.90.